The Hall–Kier alpha value is -0.730. The monoisotopic (exact) mass is 156 g/mol. The molecule has 0 amide bonds. The first-order valence-corrected chi connectivity index (χ1v) is 4.04. The van der Waals surface area contributed by atoms with E-state index in [-0.39, 0.29) is 11.5 Å². The number of hydrogen-bond acceptors (Lipinski definition) is 2. The zero-order chi connectivity index (χ0) is 8.06. The maximum Gasteiger partial charge on any atom is 0.506 e. The first-order chi connectivity index (χ1) is 5.14. The zero-order valence-corrected chi connectivity index (χ0v) is 6.54. The van der Waals surface area contributed by atoms with E-state index in [4.69, 9.17) is 9.84 Å². The smallest absolute Gasteiger partial charge is 0.450 e. The van der Waals surface area contributed by atoms with E-state index in [1.54, 1.807) is 0 Å². The van der Waals surface area contributed by atoms with Crippen molar-refractivity contribution in [3.05, 3.63) is 0 Å². The first kappa shape index (κ1) is 6.95. The molecule has 2 aliphatic rings. The fourth-order valence-corrected chi connectivity index (χ4v) is 2.45. The molecular formula is C8H12O3. The van der Waals surface area contributed by atoms with Crippen LogP contribution in [0.15, 0.2) is 0 Å². The maximum absolute atomic E-state index is 10.2. The first-order valence-electron chi connectivity index (χ1n) is 4.04. The molecular weight excluding hydrogens is 144 g/mol. The molecule has 0 aliphatic heterocycles. The van der Waals surface area contributed by atoms with Crippen LogP contribution in [0.5, 0.6) is 0 Å². The van der Waals surface area contributed by atoms with Gasteiger partial charge in [0.05, 0.1) is 0 Å². The highest BCUT2D eigenvalue weighted by molar-refractivity contribution is 5.58. The van der Waals surface area contributed by atoms with Crippen LogP contribution in [-0.2, 0) is 4.74 Å². The van der Waals surface area contributed by atoms with Crippen molar-refractivity contribution in [1.29, 1.82) is 0 Å². The molecule has 0 aromatic rings. The summed E-state index contributed by atoms with van der Waals surface area (Å²) in [6.07, 6.45) is 2.41. The summed E-state index contributed by atoms with van der Waals surface area (Å²) in [7, 11) is 0. The minimum absolute atomic E-state index is 0.00810. The van der Waals surface area contributed by atoms with E-state index in [0.29, 0.717) is 5.92 Å². The van der Waals surface area contributed by atoms with Gasteiger partial charge < -0.3 is 9.84 Å². The second-order valence-electron chi connectivity index (χ2n) is 3.81. The Morgan fingerprint density at radius 2 is 2.45 bits per heavy atom. The lowest BCUT2D eigenvalue weighted by molar-refractivity contribution is 0.0672. The van der Waals surface area contributed by atoms with E-state index >= 15 is 0 Å². The SMILES string of the molecule is CC12CCCC1C2OC(=O)O. The Morgan fingerprint density at radius 1 is 1.73 bits per heavy atom. The van der Waals surface area contributed by atoms with Gasteiger partial charge in [-0.2, -0.15) is 0 Å². The zero-order valence-electron chi connectivity index (χ0n) is 6.54. The van der Waals surface area contributed by atoms with E-state index in [1.807, 2.05) is 0 Å². The van der Waals surface area contributed by atoms with Gasteiger partial charge in [-0.15, -0.1) is 0 Å². The van der Waals surface area contributed by atoms with Crippen molar-refractivity contribution in [3.8, 4) is 0 Å². The third kappa shape index (κ3) is 0.832. The summed E-state index contributed by atoms with van der Waals surface area (Å²) in [4.78, 5) is 10.2. The van der Waals surface area contributed by atoms with Gasteiger partial charge >= 0.3 is 6.16 Å². The van der Waals surface area contributed by atoms with Gasteiger partial charge in [0, 0.05) is 11.3 Å². The van der Waals surface area contributed by atoms with Gasteiger partial charge in [-0.3, -0.25) is 0 Å². The Kier molecular flexibility index (Phi) is 1.20. The van der Waals surface area contributed by atoms with Crippen molar-refractivity contribution in [2.45, 2.75) is 32.3 Å². The molecule has 0 aromatic carbocycles. The van der Waals surface area contributed by atoms with E-state index < -0.39 is 6.16 Å². The molecule has 1 N–H and O–H groups in total. The predicted molar refractivity (Wildman–Crippen MR) is 38.3 cm³/mol. The molecule has 0 radical (unpaired) electrons. The highest BCUT2D eigenvalue weighted by Crippen LogP contribution is 2.64. The number of rotatable bonds is 1. The number of fused-ring (bicyclic) bond motifs is 1. The van der Waals surface area contributed by atoms with E-state index in [9.17, 15) is 4.79 Å². The average Bonchev–Trinajstić information content (AvgIpc) is 2.35. The van der Waals surface area contributed by atoms with Gasteiger partial charge in [0.25, 0.3) is 0 Å². The molecule has 3 heteroatoms. The molecule has 3 atom stereocenters. The molecule has 3 nitrogen and oxygen atoms in total. The van der Waals surface area contributed by atoms with Gasteiger partial charge in [0.1, 0.15) is 6.10 Å². The number of hydrogen-bond donors (Lipinski definition) is 1. The second-order valence-corrected chi connectivity index (χ2v) is 3.81. The van der Waals surface area contributed by atoms with Gasteiger partial charge in [-0.05, 0) is 12.8 Å². The summed E-state index contributed by atoms with van der Waals surface area (Å²) in [5.74, 6) is 0.526. The number of carboxylic acid groups (broad SMARTS) is 1. The van der Waals surface area contributed by atoms with E-state index in [1.165, 1.54) is 6.42 Å². The summed E-state index contributed by atoms with van der Waals surface area (Å²) >= 11 is 0. The summed E-state index contributed by atoms with van der Waals surface area (Å²) in [6, 6.07) is 0. The van der Waals surface area contributed by atoms with Crippen LogP contribution in [0.2, 0.25) is 0 Å². The minimum atomic E-state index is -1.12. The highest BCUT2D eigenvalue weighted by Gasteiger charge is 2.66. The number of carbonyl (C=O) groups is 1. The Morgan fingerprint density at radius 3 is 2.91 bits per heavy atom. The van der Waals surface area contributed by atoms with Crippen molar-refractivity contribution in [2.75, 3.05) is 0 Å². The van der Waals surface area contributed by atoms with Crippen LogP contribution in [0.3, 0.4) is 0 Å². The largest absolute Gasteiger partial charge is 0.506 e. The molecule has 62 valence electrons. The maximum atomic E-state index is 10.2. The molecule has 0 bridgehead atoms. The minimum Gasteiger partial charge on any atom is -0.450 e. The summed E-state index contributed by atoms with van der Waals surface area (Å²) in [5.41, 5.74) is 0.207. The van der Waals surface area contributed by atoms with Crippen molar-refractivity contribution in [3.63, 3.8) is 0 Å². The summed E-state index contributed by atoms with van der Waals surface area (Å²) in [6.45, 7) is 2.12. The molecule has 11 heavy (non-hydrogen) atoms. The number of ether oxygens (including phenoxy) is 1. The van der Waals surface area contributed by atoms with Crippen LogP contribution in [-0.4, -0.2) is 17.4 Å². The molecule has 2 fully saturated rings. The third-order valence-corrected chi connectivity index (χ3v) is 3.21. The van der Waals surface area contributed by atoms with Crippen LogP contribution in [0.4, 0.5) is 4.79 Å². The fraction of sp³-hybridized carbons (Fsp3) is 0.875. The summed E-state index contributed by atoms with van der Waals surface area (Å²) < 4.78 is 4.75. The van der Waals surface area contributed by atoms with Crippen LogP contribution >= 0.6 is 0 Å². The van der Waals surface area contributed by atoms with Gasteiger partial charge in [-0.25, -0.2) is 4.79 Å². The standard InChI is InChI=1S/C8H12O3/c1-8-4-2-3-5(8)6(8)11-7(9)10/h5-6H,2-4H2,1H3,(H,9,10). The second kappa shape index (κ2) is 1.90. The fourth-order valence-electron chi connectivity index (χ4n) is 2.45. The Balaban J connectivity index is 1.97. The van der Waals surface area contributed by atoms with Crippen LogP contribution < -0.4 is 0 Å². The molecule has 0 heterocycles. The van der Waals surface area contributed by atoms with Crippen molar-refractivity contribution >= 4 is 6.16 Å². The van der Waals surface area contributed by atoms with Gasteiger partial charge in [0.2, 0.25) is 0 Å². The molecule has 0 spiro atoms. The van der Waals surface area contributed by atoms with E-state index in [2.05, 4.69) is 6.92 Å². The molecule has 0 aromatic heterocycles. The van der Waals surface area contributed by atoms with Crippen molar-refractivity contribution in [1.82, 2.24) is 0 Å². The van der Waals surface area contributed by atoms with Crippen molar-refractivity contribution < 1.29 is 14.6 Å². The molecule has 0 saturated heterocycles. The Labute approximate surface area is 65.4 Å². The van der Waals surface area contributed by atoms with Crippen LogP contribution in [0, 0.1) is 11.3 Å². The average molecular weight is 156 g/mol. The molecule has 3 unspecified atom stereocenters. The Bertz CT molecular complexity index is 202. The lowest BCUT2D eigenvalue weighted by Gasteiger charge is -2.06. The van der Waals surface area contributed by atoms with Gasteiger partial charge in [-0.1, -0.05) is 13.3 Å². The normalized spacial score (nSPS) is 46.6. The van der Waals surface area contributed by atoms with Crippen LogP contribution in [0.1, 0.15) is 26.2 Å². The molecule has 2 aliphatic carbocycles. The lowest BCUT2D eigenvalue weighted by atomic mass is 10.1. The van der Waals surface area contributed by atoms with Crippen LogP contribution in [0.25, 0.3) is 0 Å². The molecule has 2 rings (SSSR count). The molecule has 2 saturated carbocycles. The van der Waals surface area contributed by atoms with Crippen molar-refractivity contribution in [2.24, 2.45) is 11.3 Å². The highest BCUT2D eigenvalue weighted by atomic mass is 16.7. The predicted octanol–water partition coefficient (Wildman–Crippen LogP) is 1.87. The quantitative estimate of drug-likeness (QED) is 0.589. The van der Waals surface area contributed by atoms with Gasteiger partial charge in [0.15, 0.2) is 0 Å². The topological polar surface area (TPSA) is 46.5 Å². The lowest BCUT2D eigenvalue weighted by Crippen LogP contribution is -2.10. The third-order valence-electron chi connectivity index (χ3n) is 3.21. The summed E-state index contributed by atoms with van der Waals surface area (Å²) in [5, 5.41) is 8.37. The van der Waals surface area contributed by atoms with E-state index in [0.717, 1.165) is 12.8 Å².